The highest BCUT2D eigenvalue weighted by atomic mass is 32.1. The summed E-state index contributed by atoms with van der Waals surface area (Å²) in [7, 11) is 1.30. The van der Waals surface area contributed by atoms with Crippen molar-refractivity contribution in [1.29, 1.82) is 0 Å². The molecule has 0 unspecified atom stereocenters. The lowest BCUT2D eigenvalue weighted by atomic mass is 10.1. The Morgan fingerprint density at radius 2 is 2.04 bits per heavy atom. The molecule has 0 fully saturated rings. The van der Waals surface area contributed by atoms with Gasteiger partial charge in [-0.3, -0.25) is 0 Å². The van der Waals surface area contributed by atoms with E-state index in [-0.39, 0.29) is 13.2 Å². The van der Waals surface area contributed by atoms with Crippen LogP contribution in [0.15, 0.2) is 24.3 Å². The molecule has 0 amide bonds. The molecule has 1 heterocycles. The number of thiophene rings is 1. The molecule has 24 heavy (non-hydrogen) atoms. The standard InChI is InChI=1S/C17H19NO5S/c1-4-22-13(19)9-23-14-10(2)15(24-16(14)17(20)21-3)11-6-5-7-12(18)8-11/h5-8H,4,9,18H2,1-3H3. The Morgan fingerprint density at radius 1 is 1.29 bits per heavy atom. The minimum Gasteiger partial charge on any atom is -0.480 e. The fourth-order valence-electron chi connectivity index (χ4n) is 2.19. The summed E-state index contributed by atoms with van der Waals surface area (Å²) in [5.41, 5.74) is 8.06. The van der Waals surface area contributed by atoms with Crippen molar-refractivity contribution >= 4 is 29.0 Å². The number of hydrogen-bond donors (Lipinski definition) is 1. The second kappa shape index (κ2) is 7.83. The van der Waals surface area contributed by atoms with E-state index in [1.165, 1.54) is 18.4 Å². The van der Waals surface area contributed by atoms with Crippen molar-refractivity contribution in [2.24, 2.45) is 0 Å². The van der Waals surface area contributed by atoms with E-state index in [9.17, 15) is 9.59 Å². The number of benzene rings is 1. The molecule has 0 radical (unpaired) electrons. The van der Waals surface area contributed by atoms with Crippen molar-refractivity contribution in [3.63, 3.8) is 0 Å². The average Bonchev–Trinajstić information content (AvgIpc) is 2.89. The Kier molecular flexibility index (Phi) is 5.81. The molecule has 1 aromatic heterocycles. The number of carbonyl (C=O) groups excluding carboxylic acids is 2. The van der Waals surface area contributed by atoms with E-state index in [1.54, 1.807) is 13.0 Å². The van der Waals surface area contributed by atoms with Gasteiger partial charge in [-0.2, -0.15) is 0 Å². The Bertz CT molecular complexity index is 753. The molecule has 0 spiro atoms. The van der Waals surface area contributed by atoms with E-state index in [1.807, 2.05) is 25.1 Å². The highest BCUT2D eigenvalue weighted by Crippen LogP contribution is 2.42. The molecule has 0 aliphatic rings. The first-order valence-electron chi connectivity index (χ1n) is 7.34. The number of nitrogens with two attached hydrogens (primary N) is 1. The van der Waals surface area contributed by atoms with Crippen LogP contribution in [0.2, 0.25) is 0 Å². The lowest BCUT2D eigenvalue weighted by Crippen LogP contribution is -2.15. The molecule has 0 aliphatic carbocycles. The number of methoxy groups -OCH3 is 1. The summed E-state index contributed by atoms with van der Waals surface area (Å²) in [6, 6.07) is 7.33. The summed E-state index contributed by atoms with van der Waals surface area (Å²) in [5.74, 6) is -0.682. The van der Waals surface area contributed by atoms with E-state index in [4.69, 9.17) is 19.9 Å². The fourth-order valence-corrected chi connectivity index (χ4v) is 3.35. The Morgan fingerprint density at radius 3 is 2.67 bits per heavy atom. The minimum atomic E-state index is -0.517. The molecule has 7 heteroatoms. The zero-order valence-electron chi connectivity index (χ0n) is 13.8. The zero-order chi connectivity index (χ0) is 17.7. The topological polar surface area (TPSA) is 87.8 Å². The van der Waals surface area contributed by atoms with Crippen LogP contribution >= 0.6 is 11.3 Å². The first-order chi connectivity index (χ1) is 11.5. The first kappa shape index (κ1) is 17.8. The van der Waals surface area contributed by atoms with Crippen LogP contribution in [0.5, 0.6) is 5.75 Å². The van der Waals surface area contributed by atoms with Gasteiger partial charge in [0.25, 0.3) is 0 Å². The Balaban J connectivity index is 2.41. The molecule has 0 saturated heterocycles. The van der Waals surface area contributed by atoms with Gasteiger partial charge in [0.2, 0.25) is 0 Å². The number of carbonyl (C=O) groups is 2. The molecular weight excluding hydrogens is 330 g/mol. The number of nitrogen functional groups attached to an aromatic ring is 1. The Labute approximate surface area is 144 Å². The molecule has 0 atom stereocenters. The summed E-state index contributed by atoms with van der Waals surface area (Å²) in [6.45, 7) is 3.53. The normalized spacial score (nSPS) is 10.3. The van der Waals surface area contributed by atoms with Crippen molar-refractivity contribution in [2.45, 2.75) is 13.8 Å². The van der Waals surface area contributed by atoms with Crippen LogP contribution in [0.4, 0.5) is 5.69 Å². The quantitative estimate of drug-likeness (QED) is 0.637. The largest absolute Gasteiger partial charge is 0.480 e. The molecule has 128 valence electrons. The van der Waals surface area contributed by atoms with Crippen LogP contribution in [0.3, 0.4) is 0 Å². The van der Waals surface area contributed by atoms with Gasteiger partial charge in [0.05, 0.1) is 13.7 Å². The van der Waals surface area contributed by atoms with Crippen LogP contribution in [-0.4, -0.2) is 32.3 Å². The third-order valence-corrected chi connectivity index (χ3v) is 4.55. The molecule has 2 N–H and O–H groups in total. The lowest BCUT2D eigenvalue weighted by molar-refractivity contribution is -0.145. The van der Waals surface area contributed by atoms with Gasteiger partial charge in [-0.05, 0) is 31.5 Å². The van der Waals surface area contributed by atoms with Crippen LogP contribution < -0.4 is 10.5 Å². The zero-order valence-corrected chi connectivity index (χ0v) is 14.6. The van der Waals surface area contributed by atoms with Crippen LogP contribution in [0.1, 0.15) is 22.2 Å². The van der Waals surface area contributed by atoms with Gasteiger partial charge in [-0.15, -0.1) is 11.3 Å². The monoisotopic (exact) mass is 349 g/mol. The van der Waals surface area contributed by atoms with Crippen LogP contribution in [-0.2, 0) is 14.3 Å². The summed E-state index contributed by atoms with van der Waals surface area (Å²) in [6.07, 6.45) is 0. The maximum atomic E-state index is 12.0. The van der Waals surface area contributed by atoms with E-state index in [2.05, 4.69) is 0 Å². The number of hydrogen-bond acceptors (Lipinski definition) is 7. The van der Waals surface area contributed by atoms with Crippen molar-refractivity contribution < 1.29 is 23.8 Å². The predicted molar refractivity (Wildman–Crippen MR) is 92.4 cm³/mol. The molecule has 2 rings (SSSR count). The first-order valence-corrected chi connectivity index (χ1v) is 8.15. The lowest BCUT2D eigenvalue weighted by Gasteiger charge is -2.08. The van der Waals surface area contributed by atoms with Gasteiger partial charge in [0.1, 0.15) is 5.75 Å². The number of esters is 2. The van der Waals surface area contributed by atoms with Gasteiger partial charge >= 0.3 is 11.9 Å². The number of ether oxygens (including phenoxy) is 3. The molecule has 6 nitrogen and oxygen atoms in total. The number of anilines is 1. The van der Waals surface area contributed by atoms with Gasteiger partial charge in [-0.25, -0.2) is 9.59 Å². The summed E-state index contributed by atoms with van der Waals surface area (Å²) >= 11 is 1.24. The van der Waals surface area contributed by atoms with Gasteiger partial charge < -0.3 is 19.9 Å². The maximum Gasteiger partial charge on any atom is 0.351 e. The molecule has 0 bridgehead atoms. The molecule has 1 aromatic carbocycles. The van der Waals surface area contributed by atoms with Crippen LogP contribution in [0, 0.1) is 6.92 Å². The molecule has 2 aromatic rings. The second-order valence-electron chi connectivity index (χ2n) is 4.93. The summed E-state index contributed by atoms with van der Waals surface area (Å²) in [4.78, 5) is 24.7. The fraction of sp³-hybridized carbons (Fsp3) is 0.294. The third kappa shape index (κ3) is 3.86. The summed E-state index contributed by atoms with van der Waals surface area (Å²) in [5, 5.41) is 0. The summed E-state index contributed by atoms with van der Waals surface area (Å²) < 4.78 is 15.2. The molecular formula is C17H19NO5S. The third-order valence-electron chi connectivity index (χ3n) is 3.25. The number of rotatable bonds is 6. The Hall–Kier alpha value is -2.54. The van der Waals surface area contributed by atoms with Crippen molar-refractivity contribution in [2.75, 3.05) is 26.1 Å². The molecule has 0 saturated carbocycles. The van der Waals surface area contributed by atoms with Crippen molar-refractivity contribution in [3.05, 3.63) is 34.7 Å². The van der Waals surface area contributed by atoms with E-state index in [0.717, 1.165) is 16.0 Å². The van der Waals surface area contributed by atoms with Crippen molar-refractivity contribution in [1.82, 2.24) is 0 Å². The predicted octanol–water partition coefficient (Wildman–Crippen LogP) is 3.03. The van der Waals surface area contributed by atoms with Gasteiger partial charge in [0, 0.05) is 16.1 Å². The van der Waals surface area contributed by atoms with Crippen molar-refractivity contribution in [3.8, 4) is 16.2 Å². The van der Waals surface area contributed by atoms with Gasteiger partial charge in [-0.1, -0.05) is 12.1 Å². The van der Waals surface area contributed by atoms with Crippen LogP contribution in [0.25, 0.3) is 10.4 Å². The SMILES string of the molecule is CCOC(=O)COc1c(C(=O)OC)sc(-c2cccc(N)c2)c1C. The average molecular weight is 349 g/mol. The minimum absolute atomic E-state index is 0.267. The maximum absolute atomic E-state index is 12.0. The highest BCUT2D eigenvalue weighted by molar-refractivity contribution is 7.18. The second-order valence-corrected chi connectivity index (χ2v) is 5.95. The van der Waals surface area contributed by atoms with E-state index in [0.29, 0.717) is 16.3 Å². The highest BCUT2D eigenvalue weighted by Gasteiger charge is 2.24. The smallest absolute Gasteiger partial charge is 0.351 e. The van der Waals surface area contributed by atoms with Gasteiger partial charge in [0.15, 0.2) is 11.5 Å². The molecule has 0 aliphatic heterocycles. The van der Waals surface area contributed by atoms with E-state index < -0.39 is 11.9 Å². The van der Waals surface area contributed by atoms with E-state index >= 15 is 0 Å².